The number of allylic oxidation sites excluding steroid dienone is 1. The van der Waals surface area contributed by atoms with Gasteiger partial charge in [0, 0.05) is 0 Å². The van der Waals surface area contributed by atoms with Gasteiger partial charge in [0.1, 0.15) is 0 Å². The lowest BCUT2D eigenvalue weighted by atomic mass is 9.60. The molecule has 0 spiro atoms. The van der Waals surface area contributed by atoms with Gasteiger partial charge in [-0.25, -0.2) is 0 Å². The smallest absolute Gasteiger partial charge is 0.314 e. The Morgan fingerprint density at radius 1 is 1.20 bits per heavy atom. The zero-order chi connectivity index (χ0) is 15.5. The first-order chi connectivity index (χ1) is 9.20. The van der Waals surface area contributed by atoms with Crippen molar-refractivity contribution in [3.8, 4) is 0 Å². The van der Waals surface area contributed by atoms with Gasteiger partial charge < -0.3 is 10.2 Å². The highest BCUT2D eigenvalue weighted by Crippen LogP contribution is 2.47. The predicted molar refractivity (Wildman–Crippen MR) is 77.4 cm³/mol. The van der Waals surface area contributed by atoms with Gasteiger partial charge in [0.15, 0.2) is 0 Å². The Balaban J connectivity index is 3.24. The summed E-state index contributed by atoms with van der Waals surface area (Å²) in [4.78, 5) is 23.6. The fourth-order valence-corrected chi connectivity index (χ4v) is 3.54. The standard InChI is InChI=1S/C16H26O4/c1-10(2)8-12-6-5-7-16(15(19)20,9-11(3)4)13(12)14(17)18/h5,7,10-13H,6,8-9H2,1-4H3,(H,17,18)(H,19,20). The number of hydrogen-bond acceptors (Lipinski definition) is 2. The zero-order valence-corrected chi connectivity index (χ0v) is 12.8. The van der Waals surface area contributed by atoms with Gasteiger partial charge in [0.25, 0.3) is 0 Å². The molecule has 0 heterocycles. The summed E-state index contributed by atoms with van der Waals surface area (Å²) < 4.78 is 0. The third kappa shape index (κ3) is 3.41. The predicted octanol–water partition coefficient (Wildman–Crippen LogP) is 3.43. The van der Waals surface area contributed by atoms with Crippen molar-refractivity contribution in [2.75, 3.05) is 0 Å². The average Bonchev–Trinajstić information content (AvgIpc) is 2.26. The second-order valence-corrected chi connectivity index (χ2v) is 6.79. The van der Waals surface area contributed by atoms with E-state index in [4.69, 9.17) is 0 Å². The van der Waals surface area contributed by atoms with Crippen LogP contribution in [0.3, 0.4) is 0 Å². The lowest BCUT2D eigenvalue weighted by molar-refractivity contribution is -0.164. The molecule has 0 aromatic carbocycles. The number of carbonyl (C=O) groups is 2. The maximum Gasteiger partial charge on any atom is 0.314 e. The maximum absolute atomic E-state index is 11.8. The zero-order valence-electron chi connectivity index (χ0n) is 12.8. The van der Waals surface area contributed by atoms with Gasteiger partial charge in [-0.1, -0.05) is 39.8 Å². The van der Waals surface area contributed by atoms with Crippen molar-refractivity contribution in [1.29, 1.82) is 0 Å². The van der Waals surface area contributed by atoms with Gasteiger partial charge in [0.2, 0.25) is 0 Å². The van der Waals surface area contributed by atoms with Crippen molar-refractivity contribution in [2.24, 2.45) is 29.1 Å². The molecule has 0 saturated heterocycles. The summed E-state index contributed by atoms with van der Waals surface area (Å²) in [7, 11) is 0. The van der Waals surface area contributed by atoms with Crippen molar-refractivity contribution in [2.45, 2.75) is 47.0 Å². The van der Waals surface area contributed by atoms with Crippen LogP contribution in [-0.4, -0.2) is 22.2 Å². The lowest BCUT2D eigenvalue weighted by Crippen LogP contribution is -2.47. The van der Waals surface area contributed by atoms with Crippen molar-refractivity contribution in [1.82, 2.24) is 0 Å². The molecule has 114 valence electrons. The molecular formula is C16H26O4. The Morgan fingerprint density at radius 3 is 2.20 bits per heavy atom. The second-order valence-electron chi connectivity index (χ2n) is 6.79. The van der Waals surface area contributed by atoms with Crippen LogP contribution in [0.5, 0.6) is 0 Å². The molecule has 0 aromatic rings. The Kier molecular flexibility index (Phi) is 5.37. The largest absolute Gasteiger partial charge is 0.481 e. The molecule has 0 aliphatic heterocycles. The van der Waals surface area contributed by atoms with E-state index in [2.05, 4.69) is 0 Å². The molecule has 20 heavy (non-hydrogen) atoms. The van der Waals surface area contributed by atoms with E-state index in [0.717, 1.165) is 6.42 Å². The Labute approximate surface area is 120 Å². The third-order valence-electron chi connectivity index (χ3n) is 4.06. The number of aliphatic carboxylic acids is 2. The summed E-state index contributed by atoms with van der Waals surface area (Å²) in [5.41, 5.74) is -1.27. The van der Waals surface area contributed by atoms with E-state index in [1.165, 1.54) is 0 Å². The summed E-state index contributed by atoms with van der Waals surface area (Å²) in [5, 5.41) is 19.3. The minimum atomic E-state index is -1.27. The van der Waals surface area contributed by atoms with Gasteiger partial charge in [-0.2, -0.15) is 0 Å². The average molecular weight is 282 g/mol. The first kappa shape index (κ1) is 16.7. The molecule has 0 fully saturated rings. The minimum absolute atomic E-state index is 0.104. The molecular weight excluding hydrogens is 256 g/mol. The molecule has 1 rings (SSSR count). The van der Waals surface area contributed by atoms with Gasteiger partial charge in [-0.05, 0) is 37.0 Å². The summed E-state index contributed by atoms with van der Waals surface area (Å²) in [5.74, 6) is -2.44. The van der Waals surface area contributed by atoms with E-state index in [1.54, 1.807) is 6.08 Å². The van der Waals surface area contributed by atoms with Crippen LogP contribution in [0.4, 0.5) is 0 Å². The van der Waals surface area contributed by atoms with E-state index < -0.39 is 23.3 Å². The van der Waals surface area contributed by atoms with Crippen LogP contribution in [0, 0.1) is 29.1 Å². The van der Waals surface area contributed by atoms with E-state index in [1.807, 2.05) is 33.8 Å². The van der Waals surface area contributed by atoms with Crippen molar-refractivity contribution < 1.29 is 19.8 Å². The van der Waals surface area contributed by atoms with Crippen molar-refractivity contribution in [3.05, 3.63) is 12.2 Å². The molecule has 0 amide bonds. The maximum atomic E-state index is 11.8. The molecule has 0 saturated carbocycles. The molecule has 3 unspecified atom stereocenters. The fourth-order valence-electron chi connectivity index (χ4n) is 3.54. The molecule has 4 heteroatoms. The van der Waals surface area contributed by atoms with Crippen LogP contribution in [-0.2, 0) is 9.59 Å². The van der Waals surface area contributed by atoms with Crippen LogP contribution >= 0.6 is 0 Å². The molecule has 0 aromatic heterocycles. The van der Waals surface area contributed by atoms with Crippen LogP contribution in [0.25, 0.3) is 0 Å². The lowest BCUT2D eigenvalue weighted by Gasteiger charge is -2.41. The van der Waals surface area contributed by atoms with Crippen LogP contribution in [0.1, 0.15) is 47.0 Å². The summed E-state index contributed by atoms with van der Waals surface area (Å²) in [6.45, 7) is 7.96. The van der Waals surface area contributed by atoms with Crippen LogP contribution in [0.2, 0.25) is 0 Å². The summed E-state index contributed by atoms with van der Waals surface area (Å²) in [6.07, 6.45) is 5.26. The van der Waals surface area contributed by atoms with Crippen molar-refractivity contribution in [3.63, 3.8) is 0 Å². The second kappa shape index (κ2) is 6.42. The fraction of sp³-hybridized carbons (Fsp3) is 0.750. The Morgan fingerprint density at radius 2 is 1.80 bits per heavy atom. The molecule has 0 bridgehead atoms. The number of carboxylic acids is 2. The Hall–Kier alpha value is -1.32. The first-order valence-electron chi connectivity index (χ1n) is 7.34. The highest BCUT2D eigenvalue weighted by atomic mass is 16.4. The normalized spacial score (nSPS) is 29.9. The highest BCUT2D eigenvalue weighted by molar-refractivity contribution is 5.86. The third-order valence-corrected chi connectivity index (χ3v) is 4.06. The summed E-state index contributed by atoms with van der Waals surface area (Å²) in [6, 6.07) is 0. The van der Waals surface area contributed by atoms with Gasteiger partial charge in [-0.15, -0.1) is 0 Å². The number of hydrogen-bond donors (Lipinski definition) is 2. The number of rotatable bonds is 6. The molecule has 4 nitrogen and oxygen atoms in total. The van der Waals surface area contributed by atoms with Crippen molar-refractivity contribution >= 4 is 11.9 Å². The molecule has 3 atom stereocenters. The highest BCUT2D eigenvalue weighted by Gasteiger charge is 2.52. The van der Waals surface area contributed by atoms with Gasteiger partial charge in [0.05, 0.1) is 11.3 Å². The SMILES string of the molecule is CC(C)CC1CC=CC(CC(C)C)(C(=O)O)C1C(=O)O. The molecule has 1 aliphatic carbocycles. The number of carboxylic acid groups (broad SMARTS) is 2. The molecule has 0 radical (unpaired) electrons. The van der Waals surface area contributed by atoms with Crippen LogP contribution < -0.4 is 0 Å². The first-order valence-corrected chi connectivity index (χ1v) is 7.34. The quantitative estimate of drug-likeness (QED) is 0.732. The van der Waals surface area contributed by atoms with E-state index in [9.17, 15) is 19.8 Å². The van der Waals surface area contributed by atoms with Crippen LogP contribution in [0.15, 0.2) is 12.2 Å². The monoisotopic (exact) mass is 282 g/mol. The van der Waals surface area contributed by atoms with E-state index >= 15 is 0 Å². The van der Waals surface area contributed by atoms with E-state index in [0.29, 0.717) is 18.8 Å². The molecule has 2 N–H and O–H groups in total. The van der Waals surface area contributed by atoms with Gasteiger partial charge >= 0.3 is 11.9 Å². The molecule has 1 aliphatic rings. The topological polar surface area (TPSA) is 74.6 Å². The van der Waals surface area contributed by atoms with Gasteiger partial charge in [-0.3, -0.25) is 9.59 Å². The summed E-state index contributed by atoms with van der Waals surface area (Å²) >= 11 is 0. The van der Waals surface area contributed by atoms with E-state index in [-0.39, 0.29) is 11.8 Å². The Bertz CT molecular complexity index is 397. The minimum Gasteiger partial charge on any atom is -0.481 e.